The van der Waals surface area contributed by atoms with Crippen LogP contribution in [0.5, 0.6) is 0 Å². The third kappa shape index (κ3) is 1.62. The summed E-state index contributed by atoms with van der Waals surface area (Å²) in [6.45, 7) is 8.03. The van der Waals surface area contributed by atoms with E-state index in [1.54, 1.807) is 6.92 Å². The molecule has 3 aliphatic heterocycles. The van der Waals surface area contributed by atoms with Crippen LogP contribution < -0.4 is 0 Å². The average molecular weight is 363 g/mol. The minimum atomic E-state index is -1.47. The molecule has 5 aliphatic rings. The second-order valence-corrected chi connectivity index (χ2v) is 8.68. The maximum atomic E-state index is 11.6. The lowest BCUT2D eigenvalue weighted by atomic mass is 9.51. The summed E-state index contributed by atoms with van der Waals surface area (Å²) in [5.74, 6) is 0.130. The minimum absolute atomic E-state index is 0.208. The van der Waals surface area contributed by atoms with Crippen molar-refractivity contribution in [2.75, 3.05) is 13.2 Å². The van der Waals surface area contributed by atoms with E-state index in [1.165, 1.54) is 12.5 Å². The van der Waals surface area contributed by atoms with E-state index in [4.69, 9.17) is 18.9 Å². The van der Waals surface area contributed by atoms with Gasteiger partial charge >= 0.3 is 5.97 Å². The molecule has 3 fully saturated rings. The normalized spacial score (nSPS) is 53.3. The molecule has 2 aliphatic carbocycles. The first-order valence-corrected chi connectivity index (χ1v) is 9.25. The fourth-order valence-electron chi connectivity index (χ4n) is 6.06. The minimum Gasteiger partial charge on any atom is -0.472 e. The van der Waals surface area contributed by atoms with Gasteiger partial charge in [0.05, 0.1) is 18.1 Å². The van der Waals surface area contributed by atoms with E-state index < -0.39 is 34.4 Å². The first-order chi connectivity index (χ1) is 12.2. The molecular formula is C19H25NO6. The maximum Gasteiger partial charge on any atom is 0.302 e. The zero-order valence-electron chi connectivity index (χ0n) is 15.6. The van der Waals surface area contributed by atoms with Crippen LogP contribution in [0.3, 0.4) is 0 Å². The van der Waals surface area contributed by atoms with Crippen molar-refractivity contribution < 1.29 is 28.8 Å². The topological polar surface area (TPSA) is 89.9 Å². The third-order valence-corrected chi connectivity index (χ3v) is 7.48. The number of allylic oxidation sites excluding steroid dienone is 1. The van der Waals surface area contributed by atoms with E-state index in [-0.39, 0.29) is 18.7 Å². The van der Waals surface area contributed by atoms with Crippen molar-refractivity contribution in [2.45, 2.75) is 70.2 Å². The molecule has 1 N–H and O–H groups in total. The Balaban J connectivity index is 1.70. The fourth-order valence-corrected chi connectivity index (χ4v) is 6.06. The Morgan fingerprint density at radius 1 is 1.42 bits per heavy atom. The van der Waals surface area contributed by atoms with E-state index in [9.17, 15) is 9.90 Å². The molecule has 2 bridgehead atoms. The smallest absolute Gasteiger partial charge is 0.302 e. The van der Waals surface area contributed by atoms with Gasteiger partial charge in [-0.15, -0.1) is 0 Å². The molecule has 7 atom stereocenters. The molecule has 26 heavy (non-hydrogen) atoms. The molecule has 1 spiro atoms. The summed E-state index contributed by atoms with van der Waals surface area (Å²) in [5, 5.41) is 11.5. The van der Waals surface area contributed by atoms with Gasteiger partial charge in [0.1, 0.15) is 18.3 Å². The van der Waals surface area contributed by atoms with Crippen LogP contribution >= 0.6 is 0 Å². The van der Waals surface area contributed by atoms with Crippen LogP contribution in [-0.4, -0.2) is 59.8 Å². The Morgan fingerprint density at radius 3 is 2.81 bits per heavy atom. The van der Waals surface area contributed by atoms with Crippen molar-refractivity contribution in [1.82, 2.24) is 0 Å². The summed E-state index contributed by atoms with van der Waals surface area (Å²) in [4.78, 5) is 16.1. The predicted octanol–water partition coefficient (Wildman–Crippen LogP) is 1.34. The Kier molecular flexibility index (Phi) is 3.02. The van der Waals surface area contributed by atoms with E-state index in [0.717, 1.165) is 12.8 Å². The molecule has 7 heteroatoms. The standard InChI is InChI=1S/C19H25NO6/c1-10-5-6-17(8-23-12(3)21)13(7-10)26-15-18(9-24-18)16(17,4)14-19(15,22)20-11(2)25-14/h7,13-15,22H,5-6,8-9H2,1-4H3/t13-,14+,15-,16+,17+,18-,19+/m0/s1. The van der Waals surface area contributed by atoms with E-state index in [2.05, 4.69) is 24.9 Å². The Labute approximate surface area is 152 Å². The van der Waals surface area contributed by atoms with Crippen molar-refractivity contribution >= 4 is 11.9 Å². The first kappa shape index (κ1) is 16.7. The number of aliphatic imine (C=N–C) groups is 1. The van der Waals surface area contributed by atoms with Gasteiger partial charge in [-0.3, -0.25) is 4.79 Å². The number of nitrogens with zero attached hydrogens (tertiary/aromatic N) is 1. The number of carbonyl (C=O) groups excluding carboxylic acids is 1. The van der Waals surface area contributed by atoms with Crippen molar-refractivity contribution in [3.63, 3.8) is 0 Å². The van der Waals surface area contributed by atoms with Gasteiger partial charge in [-0.05, 0) is 19.8 Å². The molecular weight excluding hydrogens is 338 g/mol. The molecule has 0 aromatic carbocycles. The Morgan fingerprint density at radius 2 is 2.15 bits per heavy atom. The summed E-state index contributed by atoms with van der Waals surface area (Å²) < 4.78 is 24.1. The second-order valence-electron chi connectivity index (χ2n) is 8.68. The lowest BCUT2D eigenvalue weighted by Crippen LogP contribution is -2.66. The van der Waals surface area contributed by atoms with Gasteiger partial charge in [-0.25, -0.2) is 4.99 Å². The molecule has 0 aromatic rings. The molecule has 3 heterocycles. The number of fused-ring (bicyclic) bond motifs is 5. The number of esters is 1. The summed E-state index contributed by atoms with van der Waals surface area (Å²) in [6.07, 6.45) is 2.29. The van der Waals surface area contributed by atoms with Crippen LogP contribution in [0.4, 0.5) is 0 Å². The molecule has 0 aromatic heterocycles. The number of ether oxygens (including phenoxy) is 4. The van der Waals surface area contributed by atoms with Gasteiger partial charge in [0.2, 0.25) is 5.72 Å². The van der Waals surface area contributed by atoms with Crippen LogP contribution in [0.1, 0.15) is 40.5 Å². The summed E-state index contributed by atoms with van der Waals surface area (Å²) in [6, 6.07) is 0. The summed E-state index contributed by atoms with van der Waals surface area (Å²) in [7, 11) is 0. The molecule has 1 saturated carbocycles. The van der Waals surface area contributed by atoms with Gasteiger partial charge in [0.15, 0.2) is 12.0 Å². The van der Waals surface area contributed by atoms with E-state index in [0.29, 0.717) is 12.5 Å². The quantitative estimate of drug-likeness (QED) is 0.452. The predicted molar refractivity (Wildman–Crippen MR) is 90.4 cm³/mol. The van der Waals surface area contributed by atoms with Crippen LogP contribution in [-0.2, 0) is 23.7 Å². The molecule has 0 radical (unpaired) electrons. The van der Waals surface area contributed by atoms with Crippen LogP contribution in [0.2, 0.25) is 0 Å². The molecule has 142 valence electrons. The highest BCUT2D eigenvalue weighted by Crippen LogP contribution is 2.75. The van der Waals surface area contributed by atoms with Crippen molar-refractivity contribution in [2.24, 2.45) is 15.8 Å². The largest absolute Gasteiger partial charge is 0.472 e. The van der Waals surface area contributed by atoms with Crippen LogP contribution in [0.15, 0.2) is 16.6 Å². The van der Waals surface area contributed by atoms with Gasteiger partial charge in [-0.2, -0.15) is 0 Å². The highest BCUT2D eigenvalue weighted by Gasteiger charge is 2.90. The van der Waals surface area contributed by atoms with Crippen LogP contribution in [0, 0.1) is 10.8 Å². The number of hydrogen-bond acceptors (Lipinski definition) is 7. The number of rotatable bonds is 2. The van der Waals surface area contributed by atoms with E-state index in [1.807, 2.05) is 0 Å². The average Bonchev–Trinajstić information content (AvgIpc) is 3.28. The fraction of sp³-hybridized carbons (Fsp3) is 0.789. The third-order valence-electron chi connectivity index (χ3n) is 7.48. The Hall–Kier alpha value is -1.44. The summed E-state index contributed by atoms with van der Waals surface area (Å²) in [5.41, 5.74) is -2.04. The molecule has 0 amide bonds. The van der Waals surface area contributed by atoms with Gasteiger partial charge in [0.25, 0.3) is 0 Å². The lowest BCUT2D eigenvalue weighted by Gasteiger charge is -2.57. The zero-order chi connectivity index (χ0) is 18.5. The maximum absolute atomic E-state index is 11.6. The first-order valence-electron chi connectivity index (χ1n) is 9.25. The van der Waals surface area contributed by atoms with Crippen molar-refractivity contribution in [3.05, 3.63) is 11.6 Å². The van der Waals surface area contributed by atoms with Crippen molar-refractivity contribution in [3.8, 4) is 0 Å². The molecule has 0 unspecified atom stereocenters. The molecule has 7 nitrogen and oxygen atoms in total. The highest BCUT2D eigenvalue weighted by atomic mass is 16.7. The van der Waals surface area contributed by atoms with Gasteiger partial charge in [-0.1, -0.05) is 18.6 Å². The molecule has 2 saturated heterocycles. The van der Waals surface area contributed by atoms with Crippen LogP contribution in [0.25, 0.3) is 0 Å². The molecule has 5 rings (SSSR count). The zero-order valence-corrected chi connectivity index (χ0v) is 15.6. The number of carbonyl (C=O) groups is 1. The van der Waals surface area contributed by atoms with Crippen molar-refractivity contribution in [1.29, 1.82) is 0 Å². The van der Waals surface area contributed by atoms with Gasteiger partial charge < -0.3 is 24.1 Å². The number of aliphatic hydroxyl groups is 1. The summed E-state index contributed by atoms with van der Waals surface area (Å²) >= 11 is 0. The Bertz CT molecular complexity index is 757. The highest BCUT2D eigenvalue weighted by molar-refractivity contribution is 5.76. The number of epoxide rings is 1. The van der Waals surface area contributed by atoms with Gasteiger partial charge in [0, 0.05) is 19.3 Å². The lowest BCUT2D eigenvalue weighted by molar-refractivity contribution is -0.233. The second kappa shape index (κ2) is 4.69. The van der Waals surface area contributed by atoms with E-state index >= 15 is 0 Å². The number of hydrogen-bond donors (Lipinski definition) is 1. The monoisotopic (exact) mass is 363 g/mol. The SMILES string of the molecule is CC(=O)OC[C@]12CCC(C)=C[C@@H]1O[C@@H]1[C@@]3(O)N=C(C)O[C@@H]3[C@@]2(C)[C@]12CO2.